The van der Waals surface area contributed by atoms with Crippen LogP contribution >= 0.6 is 0 Å². The molecule has 1 N–H and O–H groups in total. The molecule has 0 aliphatic carbocycles. The summed E-state index contributed by atoms with van der Waals surface area (Å²) >= 11 is 0. The number of nitrogens with one attached hydrogen (secondary N) is 1. The number of benzene rings is 4. The van der Waals surface area contributed by atoms with Crippen molar-refractivity contribution in [1.82, 2.24) is 0 Å². The monoisotopic (exact) mass is 490 g/mol. The first-order valence-corrected chi connectivity index (χ1v) is 12.9. The minimum atomic E-state index is -1.09. The van der Waals surface area contributed by atoms with Crippen molar-refractivity contribution in [3.63, 3.8) is 0 Å². The summed E-state index contributed by atoms with van der Waals surface area (Å²) in [5.41, 5.74) is 6.06. The lowest BCUT2D eigenvalue weighted by Gasteiger charge is -2.37. The van der Waals surface area contributed by atoms with Gasteiger partial charge in [0, 0.05) is 52.9 Å². The number of carbonyl (C=O) groups is 1. The largest absolute Gasteiger partial charge is 0.456 e. The van der Waals surface area contributed by atoms with E-state index < -0.39 is 5.60 Å². The Labute approximate surface area is 217 Å². The Kier molecular flexibility index (Phi) is 5.64. The third-order valence-electron chi connectivity index (χ3n) is 7.34. The molecule has 5 heteroatoms. The van der Waals surface area contributed by atoms with Gasteiger partial charge in [-0.3, -0.25) is 0 Å². The first-order chi connectivity index (χ1) is 18.0. The van der Waals surface area contributed by atoms with Crippen molar-refractivity contribution in [2.45, 2.75) is 32.8 Å². The van der Waals surface area contributed by atoms with Gasteiger partial charge in [-0.25, -0.2) is 4.79 Å². The standard InChI is InChI=1S/C32H30N2O3/c1-4-17-34(5-2)23-15-16-26-30(19-23)36-29-18-21(3)28(33-22-11-7-6-8-12-22)20-27(29)32(26)25-14-10-9-13-24(25)31(35)37-32/h6-16,18-20,33H,4-5,17H2,1-3H3. The summed E-state index contributed by atoms with van der Waals surface area (Å²) in [6, 6.07) is 28.1. The van der Waals surface area contributed by atoms with Gasteiger partial charge in [-0.2, -0.15) is 0 Å². The number of fused-ring (bicyclic) bond motifs is 6. The molecule has 1 atom stereocenters. The fourth-order valence-corrected chi connectivity index (χ4v) is 5.56. The number of nitrogens with zero attached hydrogens (tertiary/aromatic N) is 1. The number of ether oxygens (including phenoxy) is 2. The lowest BCUT2D eigenvalue weighted by molar-refractivity contribution is 0.0224. The summed E-state index contributed by atoms with van der Waals surface area (Å²) < 4.78 is 12.9. The summed E-state index contributed by atoms with van der Waals surface area (Å²) in [5.74, 6) is 1.09. The van der Waals surface area contributed by atoms with Crippen molar-refractivity contribution in [2.24, 2.45) is 0 Å². The highest BCUT2D eigenvalue weighted by atomic mass is 16.6. The van der Waals surface area contributed by atoms with Crippen LogP contribution in [0.3, 0.4) is 0 Å². The summed E-state index contributed by atoms with van der Waals surface area (Å²) in [6.45, 7) is 8.26. The van der Waals surface area contributed by atoms with Crippen LogP contribution in [-0.2, 0) is 10.3 Å². The number of esters is 1. The van der Waals surface area contributed by atoms with E-state index in [1.54, 1.807) is 0 Å². The molecule has 0 radical (unpaired) electrons. The average molecular weight is 491 g/mol. The second-order valence-electron chi connectivity index (χ2n) is 9.63. The van der Waals surface area contributed by atoms with Crippen molar-refractivity contribution in [2.75, 3.05) is 23.3 Å². The summed E-state index contributed by atoms with van der Waals surface area (Å²) in [7, 11) is 0. The van der Waals surface area contributed by atoms with Gasteiger partial charge in [0.1, 0.15) is 11.5 Å². The van der Waals surface area contributed by atoms with Crippen LogP contribution in [0.25, 0.3) is 0 Å². The molecule has 0 saturated carbocycles. The van der Waals surface area contributed by atoms with Gasteiger partial charge in [0.05, 0.1) is 5.56 Å². The number of para-hydroxylation sites is 1. The molecule has 4 aromatic carbocycles. The molecule has 0 bridgehead atoms. The number of carbonyl (C=O) groups excluding carboxylic acids is 1. The van der Waals surface area contributed by atoms with E-state index in [1.165, 1.54) is 0 Å². The van der Waals surface area contributed by atoms with Gasteiger partial charge in [0.2, 0.25) is 0 Å². The highest BCUT2D eigenvalue weighted by Crippen LogP contribution is 2.57. The zero-order chi connectivity index (χ0) is 25.6. The zero-order valence-corrected chi connectivity index (χ0v) is 21.4. The Morgan fingerprint density at radius 3 is 2.38 bits per heavy atom. The van der Waals surface area contributed by atoms with Crippen LogP contribution in [0, 0.1) is 6.92 Å². The Morgan fingerprint density at radius 1 is 0.838 bits per heavy atom. The van der Waals surface area contributed by atoms with Crippen LogP contribution in [0.15, 0.2) is 84.9 Å². The fraction of sp³-hybridized carbons (Fsp3) is 0.219. The van der Waals surface area contributed by atoms with Crippen LogP contribution in [0.5, 0.6) is 11.5 Å². The van der Waals surface area contributed by atoms with Crippen molar-refractivity contribution in [3.05, 3.63) is 113 Å². The Morgan fingerprint density at radius 2 is 1.59 bits per heavy atom. The quantitative estimate of drug-likeness (QED) is 0.283. The van der Waals surface area contributed by atoms with Gasteiger partial charge in [-0.1, -0.05) is 43.3 Å². The lowest BCUT2D eigenvalue weighted by atomic mass is 9.77. The fourth-order valence-electron chi connectivity index (χ4n) is 5.56. The number of hydrogen-bond donors (Lipinski definition) is 1. The topological polar surface area (TPSA) is 50.8 Å². The lowest BCUT2D eigenvalue weighted by Crippen LogP contribution is -2.33. The van der Waals surface area contributed by atoms with E-state index in [0.717, 1.165) is 58.8 Å². The maximum Gasteiger partial charge on any atom is 0.340 e. The van der Waals surface area contributed by atoms with Crippen molar-refractivity contribution in [1.29, 1.82) is 0 Å². The molecule has 2 aliphatic heterocycles. The summed E-state index contributed by atoms with van der Waals surface area (Å²) in [4.78, 5) is 15.6. The minimum absolute atomic E-state index is 0.321. The van der Waals surface area contributed by atoms with Gasteiger partial charge < -0.3 is 19.7 Å². The maximum absolute atomic E-state index is 13.2. The summed E-state index contributed by atoms with van der Waals surface area (Å²) in [5, 5.41) is 3.53. The second-order valence-corrected chi connectivity index (χ2v) is 9.63. The second kappa shape index (κ2) is 9.00. The normalized spacial score (nSPS) is 16.9. The average Bonchev–Trinajstić information content (AvgIpc) is 3.21. The van der Waals surface area contributed by atoms with E-state index in [1.807, 2.05) is 60.7 Å². The minimum Gasteiger partial charge on any atom is -0.456 e. The summed E-state index contributed by atoms with van der Waals surface area (Å²) in [6.07, 6.45) is 1.06. The molecule has 0 amide bonds. The van der Waals surface area contributed by atoms with Gasteiger partial charge >= 0.3 is 5.97 Å². The van der Waals surface area contributed by atoms with E-state index >= 15 is 0 Å². The first-order valence-electron chi connectivity index (χ1n) is 12.9. The third kappa shape index (κ3) is 3.65. The van der Waals surface area contributed by atoms with Gasteiger partial charge in [0.25, 0.3) is 0 Å². The number of hydrogen-bond acceptors (Lipinski definition) is 5. The van der Waals surface area contributed by atoms with Crippen molar-refractivity contribution in [3.8, 4) is 11.5 Å². The first kappa shape index (κ1) is 23.2. The molecule has 1 spiro atoms. The molecular weight excluding hydrogens is 460 g/mol. The van der Waals surface area contributed by atoms with E-state index in [2.05, 4.69) is 55.3 Å². The van der Waals surface area contributed by atoms with Crippen LogP contribution in [0.4, 0.5) is 17.1 Å². The Hall–Kier alpha value is -4.25. The molecule has 0 fully saturated rings. The number of aryl methyl sites for hydroxylation is 1. The van der Waals surface area contributed by atoms with Crippen LogP contribution in [0.1, 0.15) is 52.9 Å². The third-order valence-corrected chi connectivity index (χ3v) is 7.34. The maximum atomic E-state index is 13.2. The molecule has 4 aromatic rings. The smallest absolute Gasteiger partial charge is 0.340 e. The molecule has 186 valence electrons. The van der Waals surface area contributed by atoms with Gasteiger partial charge in [-0.05, 0) is 68.3 Å². The Bertz CT molecular complexity index is 1500. The van der Waals surface area contributed by atoms with Gasteiger partial charge in [0.15, 0.2) is 5.60 Å². The van der Waals surface area contributed by atoms with Crippen LogP contribution in [0.2, 0.25) is 0 Å². The predicted molar refractivity (Wildman–Crippen MR) is 147 cm³/mol. The van der Waals surface area contributed by atoms with E-state index in [0.29, 0.717) is 17.1 Å². The van der Waals surface area contributed by atoms with Crippen molar-refractivity contribution >= 4 is 23.0 Å². The van der Waals surface area contributed by atoms with Gasteiger partial charge in [-0.15, -0.1) is 0 Å². The molecule has 2 heterocycles. The molecule has 1 unspecified atom stereocenters. The Balaban J connectivity index is 1.57. The predicted octanol–water partition coefficient (Wildman–Crippen LogP) is 7.54. The zero-order valence-electron chi connectivity index (χ0n) is 21.4. The highest BCUT2D eigenvalue weighted by molar-refractivity contribution is 5.97. The van der Waals surface area contributed by atoms with E-state index in [4.69, 9.17) is 9.47 Å². The molecule has 0 saturated heterocycles. The SMILES string of the molecule is CCCN(CC)c1ccc2c(c1)Oc1cc(C)c(Nc3ccccc3)cc1C21OC(=O)c2ccccc21. The molecule has 0 aromatic heterocycles. The van der Waals surface area contributed by atoms with E-state index in [9.17, 15) is 4.79 Å². The molecule has 6 rings (SSSR count). The van der Waals surface area contributed by atoms with E-state index in [-0.39, 0.29) is 5.97 Å². The molecule has 5 nitrogen and oxygen atoms in total. The molecule has 37 heavy (non-hydrogen) atoms. The highest BCUT2D eigenvalue weighted by Gasteiger charge is 2.53. The van der Waals surface area contributed by atoms with Crippen LogP contribution in [-0.4, -0.2) is 19.1 Å². The molecular formula is C32H30N2O3. The van der Waals surface area contributed by atoms with Crippen molar-refractivity contribution < 1.29 is 14.3 Å². The molecule has 2 aliphatic rings. The van der Waals surface area contributed by atoms with Crippen LogP contribution < -0.4 is 15.0 Å². The number of anilines is 3. The number of rotatable bonds is 6.